The molecule has 1 nitrogen and oxygen atoms in total. The maximum Gasteiger partial charge on any atom is 0.00503 e. The molecular formula is C20H25N. The molecule has 1 saturated heterocycles. The van der Waals surface area contributed by atoms with Gasteiger partial charge in [0.05, 0.1) is 0 Å². The molecule has 0 bridgehead atoms. The lowest BCUT2D eigenvalue weighted by Crippen LogP contribution is -2.35. The van der Waals surface area contributed by atoms with E-state index < -0.39 is 0 Å². The molecule has 1 unspecified atom stereocenters. The lowest BCUT2D eigenvalue weighted by Gasteiger charge is -2.33. The fourth-order valence-electron chi connectivity index (χ4n) is 3.41. The molecule has 21 heavy (non-hydrogen) atoms. The third-order valence-corrected chi connectivity index (χ3v) is 4.56. The highest BCUT2D eigenvalue weighted by molar-refractivity contribution is 5.20. The predicted molar refractivity (Wildman–Crippen MR) is 89.6 cm³/mol. The largest absolute Gasteiger partial charge is 0.303 e. The molecule has 1 aliphatic rings. The van der Waals surface area contributed by atoms with Crippen LogP contribution in [0.2, 0.25) is 0 Å². The van der Waals surface area contributed by atoms with E-state index >= 15 is 0 Å². The predicted octanol–water partition coefficient (Wildman–Crippen LogP) is 4.50. The highest BCUT2D eigenvalue weighted by Gasteiger charge is 2.20. The van der Waals surface area contributed by atoms with Crippen LogP contribution in [-0.2, 0) is 6.42 Å². The Balaban J connectivity index is 1.48. The number of nitrogens with zero attached hydrogens (tertiary/aromatic N) is 1. The maximum absolute atomic E-state index is 2.66. The van der Waals surface area contributed by atoms with E-state index in [1.165, 1.54) is 56.4 Å². The van der Waals surface area contributed by atoms with Crippen molar-refractivity contribution in [1.82, 2.24) is 4.90 Å². The molecule has 1 fully saturated rings. The highest BCUT2D eigenvalue weighted by atomic mass is 15.1. The molecule has 0 N–H and O–H groups in total. The molecule has 0 amide bonds. The van der Waals surface area contributed by atoms with Crippen LogP contribution in [0, 0.1) is 0 Å². The second-order valence-corrected chi connectivity index (χ2v) is 6.14. The third kappa shape index (κ3) is 4.18. The fourth-order valence-corrected chi connectivity index (χ4v) is 3.41. The normalized spacial score (nSPS) is 19.5. The maximum atomic E-state index is 2.66. The molecule has 1 atom stereocenters. The minimum absolute atomic E-state index is 0.733. The SMILES string of the molecule is c1ccc(CCCN2CCCC(c3ccccc3)C2)cc1. The standard InChI is InChI=1S/C20H25N/c1-3-9-18(10-4-1)11-7-15-21-16-8-14-20(17-21)19-12-5-2-6-13-19/h1-6,9-10,12-13,20H,7-8,11,14-17H2. The van der Waals surface area contributed by atoms with E-state index in [9.17, 15) is 0 Å². The van der Waals surface area contributed by atoms with Gasteiger partial charge in [-0.3, -0.25) is 0 Å². The summed E-state index contributed by atoms with van der Waals surface area (Å²) in [5.41, 5.74) is 2.99. The first kappa shape index (κ1) is 14.3. The molecule has 0 aliphatic carbocycles. The van der Waals surface area contributed by atoms with Crippen molar-refractivity contribution in [3.05, 3.63) is 71.8 Å². The van der Waals surface area contributed by atoms with Crippen LogP contribution in [0.4, 0.5) is 0 Å². The van der Waals surface area contributed by atoms with Crippen molar-refractivity contribution in [3.8, 4) is 0 Å². The van der Waals surface area contributed by atoms with Crippen LogP contribution in [0.25, 0.3) is 0 Å². The van der Waals surface area contributed by atoms with Crippen molar-refractivity contribution >= 4 is 0 Å². The van der Waals surface area contributed by atoms with E-state index in [0.29, 0.717) is 0 Å². The number of likely N-dealkylation sites (tertiary alicyclic amines) is 1. The van der Waals surface area contributed by atoms with Crippen molar-refractivity contribution in [2.75, 3.05) is 19.6 Å². The minimum Gasteiger partial charge on any atom is -0.303 e. The molecule has 3 rings (SSSR count). The van der Waals surface area contributed by atoms with Crippen molar-refractivity contribution in [2.24, 2.45) is 0 Å². The average Bonchev–Trinajstić information content (AvgIpc) is 2.57. The van der Waals surface area contributed by atoms with E-state index in [-0.39, 0.29) is 0 Å². The van der Waals surface area contributed by atoms with E-state index in [0.717, 1.165) is 5.92 Å². The summed E-state index contributed by atoms with van der Waals surface area (Å²) >= 11 is 0. The Labute approximate surface area is 128 Å². The van der Waals surface area contributed by atoms with Gasteiger partial charge in [0.15, 0.2) is 0 Å². The summed E-state index contributed by atoms with van der Waals surface area (Å²) in [6.45, 7) is 3.75. The summed E-state index contributed by atoms with van der Waals surface area (Å²) in [6, 6.07) is 21.9. The monoisotopic (exact) mass is 279 g/mol. The lowest BCUT2D eigenvalue weighted by atomic mass is 9.90. The summed E-state index contributed by atoms with van der Waals surface area (Å²) < 4.78 is 0. The molecule has 1 heterocycles. The number of benzene rings is 2. The van der Waals surface area contributed by atoms with Gasteiger partial charge in [0.25, 0.3) is 0 Å². The number of piperidine rings is 1. The topological polar surface area (TPSA) is 3.24 Å². The summed E-state index contributed by atoms with van der Waals surface area (Å²) in [5.74, 6) is 0.733. The van der Waals surface area contributed by atoms with Crippen LogP contribution in [0.5, 0.6) is 0 Å². The van der Waals surface area contributed by atoms with Crippen molar-refractivity contribution in [3.63, 3.8) is 0 Å². The van der Waals surface area contributed by atoms with Crippen molar-refractivity contribution in [2.45, 2.75) is 31.6 Å². The molecule has 1 heteroatoms. The summed E-state index contributed by atoms with van der Waals surface area (Å²) in [5, 5.41) is 0. The molecule has 0 aromatic heterocycles. The van der Waals surface area contributed by atoms with Crippen LogP contribution in [0.15, 0.2) is 60.7 Å². The first-order chi connectivity index (χ1) is 10.4. The molecule has 2 aromatic rings. The quantitative estimate of drug-likeness (QED) is 0.779. The van der Waals surface area contributed by atoms with Crippen LogP contribution < -0.4 is 0 Å². The first-order valence-electron chi connectivity index (χ1n) is 8.23. The molecule has 0 saturated carbocycles. The van der Waals surface area contributed by atoms with Gasteiger partial charge in [0.2, 0.25) is 0 Å². The van der Waals surface area contributed by atoms with E-state index in [1.54, 1.807) is 0 Å². The Morgan fingerprint density at radius 2 is 1.62 bits per heavy atom. The van der Waals surface area contributed by atoms with Gasteiger partial charge in [-0.1, -0.05) is 60.7 Å². The second kappa shape index (κ2) is 7.42. The summed E-state index contributed by atoms with van der Waals surface area (Å²) in [6.07, 6.45) is 5.16. The third-order valence-electron chi connectivity index (χ3n) is 4.56. The van der Waals surface area contributed by atoms with Gasteiger partial charge in [0, 0.05) is 6.54 Å². The van der Waals surface area contributed by atoms with Crippen LogP contribution in [0.1, 0.15) is 36.3 Å². The Kier molecular flexibility index (Phi) is 5.07. The molecule has 0 radical (unpaired) electrons. The highest BCUT2D eigenvalue weighted by Crippen LogP contribution is 2.26. The number of rotatable bonds is 5. The average molecular weight is 279 g/mol. The van der Waals surface area contributed by atoms with Gasteiger partial charge in [-0.05, 0) is 55.8 Å². The summed E-state index contributed by atoms with van der Waals surface area (Å²) in [7, 11) is 0. The number of hydrogen-bond acceptors (Lipinski definition) is 1. The minimum atomic E-state index is 0.733. The summed E-state index contributed by atoms with van der Waals surface area (Å²) in [4.78, 5) is 2.66. The first-order valence-corrected chi connectivity index (χ1v) is 8.23. The van der Waals surface area contributed by atoms with Gasteiger partial charge in [0.1, 0.15) is 0 Å². The Morgan fingerprint density at radius 1 is 0.905 bits per heavy atom. The number of aryl methyl sites for hydroxylation is 1. The van der Waals surface area contributed by atoms with Gasteiger partial charge >= 0.3 is 0 Å². The Bertz CT molecular complexity index is 520. The van der Waals surface area contributed by atoms with E-state index in [2.05, 4.69) is 65.6 Å². The molecule has 0 spiro atoms. The van der Waals surface area contributed by atoms with Crippen molar-refractivity contribution in [1.29, 1.82) is 0 Å². The van der Waals surface area contributed by atoms with Gasteiger partial charge in [-0.25, -0.2) is 0 Å². The van der Waals surface area contributed by atoms with Gasteiger partial charge < -0.3 is 4.90 Å². The fraction of sp³-hybridized carbons (Fsp3) is 0.400. The zero-order valence-corrected chi connectivity index (χ0v) is 12.7. The van der Waals surface area contributed by atoms with Crippen molar-refractivity contribution < 1.29 is 0 Å². The van der Waals surface area contributed by atoms with E-state index in [1.807, 2.05) is 0 Å². The van der Waals surface area contributed by atoms with Gasteiger partial charge in [-0.15, -0.1) is 0 Å². The Morgan fingerprint density at radius 3 is 2.38 bits per heavy atom. The van der Waals surface area contributed by atoms with Crippen LogP contribution in [-0.4, -0.2) is 24.5 Å². The molecule has 110 valence electrons. The van der Waals surface area contributed by atoms with Gasteiger partial charge in [-0.2, -0.15) is 0 Å². The van der Waals surface area contributed by atoms with Crippen LogP contribution in [0.3, 0.4) is 0 Å². The van der Waals surface area contributed by atoms with E-state index in [4.69, 9.17) is 0 Å². The molecule has 2 aromatic carbocycles. The second-order valence-electron chi connectivity index (χ2n) is 6.14. The zero-order chi connectivity index (χ0) is 14.3. The smallest absolute Gasteiger partial charge is 0.00503 e. The number of hydrogen-bond donors (Lipinski definition) is 0. The Hall–Kier alpha value is -1.60. The lowest BCUT2D eigenvalue weighted by molar-refractivity contribution is 0.206. The molecular weight excluding hydrogens is 254 g/mol. The molecule has 1 aliphatic heterocycles. The van der Waals surface area contributed by atoms with Crippen LogP contribution >= 0.6 is 0 Å². The zero-order valence-electron chi connectivity index (χ0n) is 12.7.